The van der Waals surface area contributed by atoms with E-state index in [1.165, 1.54) is 26.3 Å². The molecule has 1 amide bonds. The summed E-state index contributed by atoms with van der Waals surface area (Å²) in [6.45, 7) is 7.84. The number of nitrogens with zero attached hydrogens (tertiary/aromatic N) is 1. The smallest absolute Gasteiger partial charge is 0.328 e. The number of ether oxygens (including phenoxy) is 3. The lowest BCUT2D eigenvalue weighted by Gasteiger charge is -2.27. The molecule has 1 aromatic heterocycles. The second kappa shape index (κ2) is 11.3. The molecule has 1 heterocycles. The maximum absolute atomic E-state index is 12.6. The fourth-order valence-corrected chi connectivity index (χ4v) is 2.88. The van der Waals surface area contributed by atoms with Crippen LogP contribution in [0.1, 0.15) is 49.9 Å². The number of esters is 1. The largest absolute Gasteiger partial charge is 0.503 e. The highest BCUT2D eigenvalue weighted by Gasteiger charge is 2.28. The second-order valence-corrected chi connectivity index (χ2v) is 7.61. The molecule has 8 nitrogen and oxygen atoms in total. The van der Waals surface area contributed by atoms with Crippen LogP contribution >= 0.6 is 0 Å². The van der Waals surface area contributed by atoms with E-state index in [2.05, 4.69) is 10.3 Å². The van der Waals surface area contributed by atoms with Crippen molar-refractivity contribution in [3.05, 3.63) is 53.9 Å². The summed E-state index contributed by atoms with van der Waals surface area (Å²) >= 11 is 0. The maximum Gasteiger partial charge on any atom is 0.328 e. The molecule has 2 rings (SSSR count). The van der Waals surface area contributed by atoms with Gasteiger partial charge in [-0.15, -0.1) is 0 Å². The number of pyridine rings is 1. The number of aromatic hydroxyl groups is 1. The van der Waals surface area contributed by atoms with Gasteiger partial charge in [0.15, 0.2) is 17.2 Å². The van der Waals surface area contributed by atoms with E-state index in [0.717, 1.165) is 5.56 Å². The van der Waals surface area contributed by atoms with Gasteiger partial charge in [0.25, 0.3) is 5.91 Å². The van der Waals surface area contributed by atoms with Crippen LogP contribution in [-0.2, 0) is 14.3 Å². The molecule has 0 spiro atoms. The van der Waals surface area contributed by atoms with Gasteiger partial charge < -0.3 is 24.6 Å². The van der Waals surface area contributed by atoms with Gasteiger partial charge in [-0.1, -0.05) is 44.2 Å². The molecule has 31 heavy (non-hydrogen) atoms. The normalized spacial score (nSPS) is 13.9. The molecule has 1 aromatic carbocycles. The quantitative estimate of drug-likeness (QED) is 0.557. The summed E-state index contributed by atoms with van der Waals surface area (Å²) in [4.78, 5) is 28.9. The average Bonchev–Trinajstić information content (AvgIpc) is 2.74. The zero-order chi connectivity index (χ0) is 23.0. The predicted molar refractivity (Wildman–Crippen MR) is 115 cm³/mol. The van der Waals surface area contributed by atoms with E-state index in [9.17, 15) is 14.7 Å². The molecule has 0 aliphatic rings. The molecule has 168 valence electrons. The highest BCUT2D eigenvalue weighted by Crippen LogP contribution is 2.28. The molecule has 0 radical (unpaired) electrons. The molecule has 0 aliphatic heterocycles. The fourth-order valence-electron chi connectivity index (χ4n) is 2.88. The van der Waals surface area contributed by atoms with Crippen molar-refractivity contribution in [2.75, 3.05) is 13.7 Å². The lowest BCUT2D eigenvalue weighted by Crippen LogP contribution is -2.41. The van der Waals surface area contributed by atoms with Crippen LogP contribution in [0.15, 0.2) is 42.6 Å². The maximum atomic E-state index is 12.6. The summed E-state index contributed by atoms with van der Waals surface area (Å²) in [5, 5.41) is 12.6. The fraction of sp³-hybridized carbons (Fsp3) is 0.435. The van der Waals surface area contributed by atoms with Gasteiger partial charge in [-0.3, -0.25) is 4.79 Å². The Morgan fingerprint density at radius 2 is 1.77 bits per heavy atom. The summed E-state index contributed by atoms with van der Waals surface area (Å²) in [5.41, 5.74) is 0.653. The van der Waals surface area contributed by atoms with Crippen LogP contribution in [0.3, 0.4) is 0 Å². The van der Waals surface area contributed by atoms with Gasteiger partial charge in [-0.05, 0) is 25.3 Å². The minimum absolute atomic E-state index is 0.108. The van der Waals surface area contributed by atoms with E-state index in [1.54, 1.807) is 6.92 Å². The molecule has 3 atom stereocenters. The molecule has 2 N–H and O–H groups in total. The highest BCUT2D eigenvalue weighted by molar-refractivity contribution is 5.97. The first-order valence-corrected chi connectivity index (χ1v) is 10.1. The first kappa shape index (κ1) is 24.1. The SMILES string of the molecule is COc1ccnc(C(=O)N[C@@H](C)C(=O)O[C@@H](C)[C@H](OCC(C)C)c2ccccc2)c1O. The predicted octanol–water partition coefficient (Wildman–Crippen LogP) is 3.26. The Kier molecular flexibility index (Phi) is 8.81. The van der Waals surface area contributed by atoms with Crippen LogP contribution in [0.5, 0.6) is 11.5 Å². The number of carbonyl (C=O) groups is 2. The number of amides is 1. The zero-order valence-corrected chi connectivity index (χ0v) is 18.5. The van der Waals surface area contributed by atoms with Crippen LogP contribution in [0.2, 0.25) is 0 Å². The number of hydrogen-bond acceptors (Lipinski definition) is 7. The lowest BCUT2D eigenvalue weighted by atomic mass is 10.0. The summed E-state index contributed by atoms with van der Waals surface area (Å²) < 4.78 is 16.6. The number of methoxy groups -OCH3 is 1. The number of carbonyl (C=O) groups excluding carboxylic acids is 2. The molecule has 2 aromatic rings. The first-order valence-electron chi connectivity index (χ1n) is 10.1. The van der Waals surface area contributed by atoms with E-state index < -0.39 is 35.9 Å². The minimum Gasteiger partial charge on any atom is -0.503 e. The molecular weight excluding hydrogens is 400 g/mol. The molecule has 0 saturated heterocycles. The van der Waals surface area contributed by atoms with E-state index in [0.29, 0.717) is 12.5 Å². The third-order valence-electron chi connectivity index (χ3n) is 4.49. The Bertz CT molecular complexity index is 872. The van der Waals surface area contributed by atoms with Gasteiger partial charge >= 0.3 is 5.97 Å². The Morgan fingerprint density at radius 3 is 2.39 bits per heavy atom. The van der Waals surface area contributed by atoms with Gasteiger partial charge in [-0.25, -0.2) is 9.78 Å². The standard InChI is InChI=1S/C23H30N2O6/c1-14(2)13-30-21(17-9-7-6-8-10-17)16(4)31-23(28)15(3)25-22(27)19-20(26)18(29-5)11-12-24-19/h6-12,14-16,21,26H,13H2,1-5H3,(H,25,27)/t15-,16-,21-/m0/s1. The topological polar surface area (TPSA) is 107 Å². The van der Waals surface area contributed by atoms with Crippen LogP contribution in [0, 0.1) is 5.92 Å². The lowest BCUT2D eigenvalue weighted by molar-refractivity contribution is -0.159. The van der Waals surface area contributed by atoms with Crippen LogP contribution in [0.25, 0.3) is 0 Å². The number of rotatable bonds is 10. The number of aromatic nitrogens is 1. The van der Waals surface area contributed by atoms with Crippen molar-refractivity contribution in [2.45, 2.75) is 45.9 Å². The second-order valence-electron chi connectivity index (χ2n) is 7.61. The van der Waals surface area contributed by atoms with Gasteiger partial charge in [0, 0.05) is 18.9 Å². The first-order chi connectivity index (χ1) is 14.7. The molecule has 0 aliphatic carbocycles. The van der Waals surface area contributed by atoms with Gasteiger partial charge in [0.2, 0.25) is 0 Å². The summed E-state index contributed by atoms with van der Waals surface area (Å²) in [5.74, 6) is -1.32. The Labute approximate surface area is 182 Å². The van der Waals surface area contributed by atoms with Crippen molar-refractivity contribution in [1.82, 2.24) is 10.3 Å². The van der Waals surface area contributed by atoms with Crippen molar-refractivity contribution < 1.29 is 28.9 Å². The van der Waals surface area contributed by atoms with Crippen molar-refractivity contribution in [2.24, 2.45) is 5.92 Å². The summed E-state index contributed by atoms with van der Waals surface area (Å²) in [6.07, 6.45) is 0.297. The highest BCUT2D eigenvalue weighted by atomic mass is 16.6. The monoisotopic (exact) mass is 430 g/mol. The average molecular weight is 431 g/mol. The molecule has 0 bridgehead atoms. The van der Waals surface area contributed by atoms with Crippen molar-refractivity contribution in [1.29, 1.82) is 0 Å². The van der Waals surface area contributed by atoms with Crippen molar-refractivity contribution in [3.8, 4) is 11.5 Å². The third-order valence-corrected chi connectivity index (χ3v) is 4.49. The number of benzene rings is 1. The Morgan fingerprint density at radius 1 is 1.10 bits per heavy atom. The van der Waals surface area contributed by atoms with E-state index >= 15 is 0 Å². The van der Waals surface area contributed by atoms with E-state index in [-0.39, 0.29) is 11.4 Å². The Balaban J connectivity index is 2.05. The number of nitrogens with one attached hydrogen (secondary N) is 1. The summed E-state index contributed by atoms with van der Waals surface area (Å²) in [6, 6.07) is 9.98. The molecule has 8 heteroatoms. The number of hydrogen-bond donors (Lipinski definition) is 2. The molecule has 0 unspecified atom stereocenters. The molecule has 0 saturated carbocycles. The zero-order valence-electron chi connectivity index (χ0n) is 18.5. The molecular formula is C23H30N2O6. The Hall–Kier alpha value is -3.13. The minimum atomic E-state index is -0.969. The van der Waals surface area contributed by atoms with Crippen molar-refractivity contribution >= 4 is 11.9 Å². The van der Waals surface area contributed by atoms with Gasteiger partial charge in [0.1, 0.15) is 18.2 Å². The van der Waals surface area contributed by atoms with Gasteiger partial charge in [0.05, 0.1) is 7.11 Å². The van der Waals surface area contributed by atoms with Crippen molar-refractivity contribution in [3.63, 3.8) is 0 Å². The van der Waals surface area contributed by atoms with Gasteiger partial charge in [-0.2, -0.15) is 0 Å². The van der Waals surface area contributed by atoms with E-state index in [1.807, 2.05) is 44.2 Å². The third kappa shape index (κ3) is 6.68. The van der Waals surface area contributed by atoms with E-state index in [4.69, 9.17) is 14.2 Å². The molecule has 0 fully saturated rings. The van der Waals surface area contributed by atoms with Crippen LogP contribution in [0.4, 0.5) is 0 Å². The summed E-state index contributed by atoms with van der Waals surface area (Å²) in [7, 11) is 1.36. The van der Waals surface area contributed by atoms with Crippen LogP contribution in [-0.4, -0.2) is 47.8 Å². The van der Waals surface area contributed by atoms with Crippen LogP contribution < -0.4 is 10.1 Å².